The molecular formula is C30H41BrN10O2. The highest BCUT2D eigenvalue weighted by atomic mass is 79.9. The maximum Gasteiger partial charge on any atom is 0.171 e. The Balaban J connectivity index is 0.000000203. The molecule has 0 amide bonds. The molecule has 0 fully saturated rings. The fourth-order valence-corrected chi connectivity index (χ4v) is 4.67. The van der Waals surface area contributed by atoms with Crippen LogP contribution in [0.25, 0.3) is 22.3 Å². The topological polar surface area (TPSA) is 157 Å². The summed E-state index contributed by atoms with van der Waals surface area (Å²) in [6, 6.07) is 0. The average Bonchev–Trinajstić information content (AvgIpc) is 3.74. The van der Waals surface area contributed by atoms with Crippen LogP contribution in [0.5, 0.6) is 0 Å². The third-order valence-corrected chi connectivity index (χ3v) is 7.13. The molecule has 43 heavy (non-hydrogen) atoms. The molecule has 0 bridgehead atoms. The number of ketones is 2. The van der Waals surface area contributed by atoms with E-state index in [1.54, 1.807) is 24.8 Å². The number of hydrogen-bond donors (Lipinski definition) is 3. The van der Waals surface area contributed by atoms with E-state index in [2.05, 4.69) is 61.1 Å². The van der Waals surface area contributed by atoms with Crippen molar-refractivity contribution in [2.45, 2.75) is 55.4 Å². The van der Waals surface area contributed by atoms with Crippen LogP contribution in [0.1, 0.15) is 77.5 Å². The molecule has 0 unspecified atom stereocenters. The highest BCUT2D eigenvalue weighted by Crippen LogP contribution is 2.27. The second-order valence-corrected chi connectivity index (χ2v) is 13.2. The molecule has 0 atom stereocenters. The van der Waals surface area contributed by atoms with E-state index in [0.717, 1.165) is 43.7 Å². The Bertz CT molecular complexity index is 1710. The number of carbonyl (C=O) groups is 2. The molecule has 3 N–H and O–H groups in total. The number of Topliss-reactive ketones (excluding diaryl/α,β-unsaturated/α-hetero) is 2. The third-order valence-electron chi connectivity index (χ3n) is 6.74. The Morgan fingerprint density at radius 1 is 0.837 bits per heavy atom. The molecule has 13 heteroatoms. The minimum atomic E-state index is -0.447. The van der Waals surface area contributed by atoms with Crippen molar-refractivity contribution in [1.82, 2.24) is 35.2 Å². The van der Waals surface area contributed by atoms with Crippen LogP contribution < -0.4 is 10.2 Å². The van der Waals surface area contributed by atoms with Gasteiger partial charge in [0.25, 0.3) is 0 Å². The zero-order valence-corrected chi connectivity index (χ0v) is 27.5. The predicted octanol–water partition coefficient (Wildman–Crippen LogP) is 5.63. The number of halogens is 1. The molecule has 6 rings (SSSR count). The highest BCUT2D eigenvalue weighted by Gasteiger charge is 2.28. The van der Waals surface area contributed by atoms with Gasteiger partial charge in [0.1, 0.15) is 21.5 Å². The van der Waals surface area contributed by atoms with Gasteiger partial charge in [-0.2, -0.15) is 0 Å². The number of hydrogen-bond acceptors (Lipinski definition) is 10. The molecule has 0 saturated carbocycles. The summed E-state index contributed by atoms with van der Waals surface area (Å²) in [4.78, 5) is 58.5. The van der Waals surface area contributed by atoms with Crippen molar-refractivity contribution in [2.75, 3.05) is 31.1 Å². The predicted molar refractivity (Wildman–Crippen MR) is 176 cm³/mol. The summed E-state index contributed by atoms with van der Waals surface area (Å²) in [5.41, 5.74) is 2.85. The molecule has 2 aliphatic heterocycles. The van der Waals surface area contributed by atoms with Gasteiger partial charge in [0.15, 0.2) is 28.7 Å². The second-order valence-electron chi connectivity index (χ2n) is 12.4. The Kier molecular flexibility index (Phi) is 9.43. The van der Waals surface area contributed by atoms with Crippen LogP contribution in [0, 0.1) is 10.8 Å². The van der Waals surface area contributed by atoms with E-state index in [4.69, 9.17) is 0 Å². The number of aliphatic imine (C=N–C) groups is 2. The molecule has 4 aromatic heterocycles. The molecule has 0 aromatic carbocycles. The standard InChI is InChI=1S/C15H19N5O.C11H12BrN3O.C4H8N2.H2/c1-9-16-5-6-20(9)11-8-18-14-12(19-11)10(7-17-14)13(21)15(2,3)4;1-11(2,3)9(16)6-4-13-10-8(6)15-7(12)5-14-10;1-4-5-2-3-6-4;/h7-8H,5-6H2,1-4H3,(H,17,18);4-5H,1-3H3,(H,13,14);2-3H2,1H3,(H,5,6);1H/i;;;1+1. The van der Waals surface area contributed by atoms with Gasteiger partial charge >= 0.3 is 0 Å². The first-order chi connectivity index (χ1) is 20.2. The maximum atomic E-state index is 12.5. The summed E-state index contributed by atoms with van der Waals surface area (Å²) in [6.07, 6.45) is 6.69. The molecule has 4 aromatic rings. The molecule has 230 valence electrons. The van der Waals surface area contributed by atoms with Gasteiger partial charge in [-0.25, -0.2) is 19.9 Å². The Labute approximate surface area is 260 Å². The Morgan fingerprint density at radius 2 is 1.40 bits per heavy atom. The number of amidine groups is 2. The van der Waals surface area contributed by atoms with Gasteiger partial charge in [-0.1, -0.05) is 41.5 Å². The SMILES string of the molecule is CC(C)(C)C(=O)c1c[nH]c2ncc(Br)nc12.CC1=NCCN1.CC1=NCCN1c1cnc2[nH]cc(C(=O)C(C)(C)C)c2n1.[2HH]. The number of carbonyl (C=O) groups excluding carboxylic acids is 2. The maximum absolute atomic E-state index is 12.5. The number of nitrogens with one attached hydrogen (secondary N) is 3. The number of anilines is 1. The van der Waals surface area contributed by atoms with E-state index >= 15 is 0 Å². The monoisotopic (exact) mass is 653 g/mol. The molecule has 0 spiro atoms. The Hall–Kier alpha value is -4.00. The van der Waals surface area contributed by atoms with Crippen LogP contribution in [-0.2, 0) is 0 Å². The van der Waals surface area contributed by atoms with Gasteiger partial charge < -0.3 is 20.2 Å². The van der Waals surface area contributed by atoms with Crippen LogP contribution in [0.2, 0.25) is 0 Å². The van der Waals surface area contributed by atoms with Crippen molar-refractivity contribution in [3.05, 3.63) is 40.5 Å². The molecule has 0 aliphatic carbocycles. The van der Waals surface area contributed by atoms with Gasteiger partial charge in [0, 0.05) is 37.7 Å². The second kappa shape index (κ2) is 12.7. The minimum absolute atomic E-state index is 0. The number of aromatic amines is 2. The highest BCUT2D eigenvalue weighted by molar-refractivity contribution is 9.10. The van der Waals surface area contributed by atoms with E-state index in [9.17, 15) is 9.59 Å². The quantitative estimate of drug-likeness (QED) is 0.240. The van der Waals surface area contributed by atoms with Crippen molar-refractivity contribution in [1.29, 1.82) is 0 Å². The van der Waals surface area contributed by atoms with Crippen molar-refractivity contribution < 1.29 is 11.0 Å². The third kappa shape index (κ3) is 7.51. The van der Waals surface area contributed by atoms with Crippen molar-refractivity contribution in [3.8, 4) is 0 Å². The summed E-state index contributed by atoms with van der Waals surface area (Å²) in [5, 5.41) is 3.07. The van der Waals surface area contributed by atoms with Crippen LogP contribution >= 0.6 is 15.9 Å². The first-order valence-electron chi connectivity index (χ1n) is 14.1. The number of nitrogens with zero attached hydrogens (tertiary/aromatic N) is 7. The smallest absolute Gasteiger partial charge is 0.171 e. The zero-order chi connectivity index (χ0) is 31.5. The first-order valence-corrected chi connectivity index (χ1v) is 14.9. The largest absolute Gasteiger partial charge is 0.372 e. The lowest BCUT2D eigenvalue weighted by atomic mass is 9.87. The summed E-state index contributed by atoms with van der Waals surface area (Å²) in [6.45, 7) is 18.9. The molecule has 2 aliphatic rings. The van der Waals surface area contributed by atoms with Crippen LogP contribution in [0.3, 0.4) is 0 Å². The van der Waals surface area contributed by atoms with Crippen molar-refractivity contribution >= 4 is 67.3 Å². The van der Waals surface area contributed by atoms with Gasteiger partial charge in [-0.3, -0.25) is 19.6 Å². The van der Waals surface area contributed by atoms with Gasteiger partial charge in [-0.15, -0.1) is 0 Å². The minimum Gasteiger partial charge on any atom is -0.372 e. The van der Waals surface area contributed by atoms with E-state index < -0.39 is 10.8 Å². The summed E-state index contributed by atoms with van der Waals surface area (Å²) in [5.74, 6) is 2.87. The van der Waals surface area contributed by atoms with Crippen LogP contribution in [0.15, 0.2) is 39.4 Å². The average molecular weight is 655 g/mol. The summed E-state index contributed by atoms with van der Waals surface area (Å²) >= 11 is 3.25. The van der Waals surface area contributed by atoms with Crippen LogP contribution in [0.4, 0.5) is 5.82 Å². The Morgan fingerprint density at radius 3 is 1.84 bits per heavy atom. The number of fused-ring (bicyclic) bond motifs is 2. The lowest BCUT2D eigenvalue weighted by Gasteiger charge is -2.17. The van der Waals surface area contributed by atoms with E-state index in [1.165, 1.54) is 0 Å². The number of H-pyrrole nitrogens is 2. The van der Waals surface area contributed by atoms with Gasteiger partial charge in [0.05, 0.1) is 42.4 Å². The zero-order valence-electron chi connectivity index (χ0n) is 26.0. The van der Waals surface area contributed by atoms with E-state index in [0.29, 0.717) is 38.1 Å². The fraction of sp³-hybridized carbons (Fsp3) is 0.467. The number of aromatic nitrogens is 6. The van der Waals surface area contributed by atoms with Crippen molar-refractivity contribution in [3.63, 3.8) is 0 Å². The fourth-order valence-electron chi connectivity index (χ4n) is 4.39. The van der Waals surface area contributed by atoms with Crippen LogP contribution in [-0.4, -0.2) is 79.3 Å². The van der Waals surface area contributed by atoms with E-state index in [1.807, 2.05) is 60.3 Å². The lowest BCUT2D eigenvalue weighted by Crippen LogP contribution is -2.26. The number of rotatable bonds is 3. The first kappa shape index (κ1) is 31.9. The summed E-state index contributed by atoms with van der Waals surface area (Å²) < 4.78 is 0.627. The lowest BCUT2D eigenvalue weighted by molar-refractivity contribution is 0.0854. The molecule has 12 nitrogen and oxygen atoms in total. The van der Waals surface area contributed by atoms with Crippen molar-refractivity contribution in [2.24, 2.45) is 20.8 Å². The normalized spacial score (nSPS) is 14.9. The van der Waals surface area contributed by atoms with E-state index in [-0.39, 0.29) is 13.0 Å². The van der Waals surface area contributed by atoms with Gasteiger partial charge in [0.2, 0.25) is 0 Å². The molecular weight excluding hydrogens is 612 g/mol. The molecule has 0 radical (unpaired) electrons. The molecule has 6 heterocycles. The van der Waals surface area contributed by atoms with Gasteiger partial charge in [-0.05, 0) is 29.8 Å². The summed E-state index contributed by atoms with van der Waals surface area (Å²) in [7, 11) is 0. The molecule has 0 saturated heterocycles.